The molecule has 0 N–H and O–H groups in total. The molecule has 1 spiro atoms. The Labute approximate surface area is 183 Å². The largest absolute Gasteiger partial charge is 0.484 e. The third kappa shape index (κ3) is 3.36. The van der Waals surface area contributed by atoms with E-state index in [2.05, 4.69) is 45.8 Å². The number of likely N-dealkylation sites (tertiary alicyclic amines) is 1. The molecular weight excluding hydrogens is 388 g/mol. The number of aromatic nitrogens is 2. The van der Waals surface area contributed by atoms with Crippen LogP contribution >= 0.6 is 0 Å². The lowest BCUT2D eigenvalue weighted by molar-refractivity contribution is -0.132. The molecule has 6 heteroatoms. The topological polar surface area (TPSA) is 50.6 Å². The number of carbonyl (C=O) groups is 1. The lowest BCUT2D eigenvalue weighted by atomic mass is 9.88. The van der Waals surface area contributed by atoms with Gasteiger partial charge >= 0.3 is 0 Å². The van der Waals surface area contributed by atoms with Crippen molar-refractivity contribution < 1.29 is 9.53 Å². The van der Waals surface area contributed by atoms with E-state index < -0.39 is 0 Å². The zero-order valence-corrected chi connectivity index (χ0v) is 17.9. The maximum absolute atomic E-state index is 13.0. The smallest absolute Gasteiger partial charge is 0.260 e. The fourth-order valence-electron chi connectivity index (χ4n) is 4.94. The highest BCUT2D eigenvalue weighted by Crippen LogP contribution is 2.47. The highest BCUT2D eigenvalue weighted by atomic mass is 16.5. The quantitative estimate of drug-likeness (QED) is 0.610. The summed E-state index contributed by atoms with van der Waals surface area (Å²) in [6.07, 6.45) is 7.05. The highest BCUT2D eigenvalue weighted by molar-refractivity contribution is 5.79. The Balaban J connectivity index is 1.43. The van der Waals surface area contributed by atoms with Crippen LogP contribution in [0.1, 0.15) is 31.9 Å². The van der Waals surface area contributed by atoms with Crippen LogP contribution in [-0.2, 0) is 10.3 Å². The van der Waals surface area contributed by atoms with Crippen molar-refractivity contribution in [2.24, 2.45) is 0 Å². The van der Waals surface area contributed by atoms with Crippen molar-refractivity contribution in [1.82, 2.24) is 14.5 Å². The summed E-state index contributed by atoms with van der Waals surface area (Å²) in [7, 11) is 0. The molecule has 1 fully saturated rings. The molecule has 5 rings (SSSR count). The number of nitrogens with zero attached hydrogens (tertiary/aromatic N) is 4. The Morgan fingerprint density at radius 3 is 2.84 bits per heavy atom. The second kappa shape index (κ2) is 8.10. The molecule has 1 atom stereocenters. The normalized spacial score (nSPS) is 19.4. The lowest BCUT2D eigenvalue weighted by Crippen LogP contribution is -2.53. The maximum Gasteiger partial charge on any atom is 0.260 e. The predicted octanol–water partition coefficient (Wildman–Crippen LogP) is 4.00. The first kappa shape index (κ1) is 19.7. The van der Waals surface area contributed by atoms with Crippen molar-refractivity contribution in [3.8, 4) is 11.6 Å². The van der Waals surface area contributed by atoms with Gasteiger partial charge in [0.1, 0.15) is 11.3 Å². The second-order valence-corrected chi connectivity index (χ2v) is 8.31. The average Bonchev–Trinajstić information content (AvgIpc) is 3.47. The Hall–Kier alpha value is -3.28. The summed E-state index contributed by atoms with van der Waals surface area (Å²) in [6.45, 7) is 4.61. The molecule has 1 amide bonds. The summed E-state index contributed by atoms with van der Waals surface area (Å²) in [5.41, 5.74) is 2.13. The number of fused-ring (bicyclic) bond motifs is 4. The van der Waals surface area contributed by atoms with Crippen LogP contribution in [0.2, 0.25) is 0 Å². The van der Waals surface area contributed by atoms with Crippen LogP contribution in [0.3, 0.4) is 0 Å². The third-order valence-corrected chi connectivity index (χ3v) is 6.47. The van der Waals surface area contributed by atoms with E-state index in [1.165, 1.54) is 5.69 Å². The minimum atomic E-state index is -0.239. The number of amides is 1. The van der Waals surface area contributed by atoms with Gasteiger partial charge < -0.3 is 19.1 Å². The van der Waals surface area contributed by atoms with Gasteiger partial charge in [-0.3, -0.25) is 4.79 Å². The van der Waals surface area contributed by atoms with Gasteiger partial charge in [0.2, 0.25) is 0 Å². The van der Waals surface area contributed by atoms with Crippen LogP contribution in [0.5, 0.6) is 5.75 Å². The summed E-state index contributed by atoms with van der Waals surface area (Å²) in [5, 5.41) is 0. The zero-order chi connectivity index (χ0) is 21.3. The molecule has 2 aliphatic heterocycles. The molecule has 2 aliphatic rings. The Morgan fingerprint density at radius 2 is 2.00 bits per heavy atom. The maximum atomic E-state index is 13.0. The first-order valence-corrected chi connectivity index (χ1v) is 11.1. The monoisotopic (exact) mass is 416 g/mol. The van der Waals surface area contributed by atoms with E-state index in [9.17, 15) is 4.79 Å². The Morgan fingerprint density at radius 1 is 1.13 bits per heavy atom. The molecular formula is C25H28N4O2. The van der Waals surface area contributed by atoms with E-state index in [-0.39, 0.29) is 18.1 Å². The van der Waals surface area contributed by atoms with Gasteiger partial charge in [-0.15, -0.1) is 0 Å². The summed E-state index contributed by atoms with van der Waals surface area (Å²) in [6, 6.07) is 18.0. The molecule has 1 aromatic carbocycles. The van der Waals surface area contributed by atoms with Gasteiger partial charge in [0.25, 0.3) is 5.91 Å². The minimum absolute atomic E-state index is 0.0336. The molecule has 0 aliphatic carbocycles. The average molecular weight is 417 g/mol. The molecule has 31 heavy (non-hydrogen) atoms. The molecule has 160 valence electrons. The summed E-state index contributed by atoms with van der Waals surface area (Å²) in [4.78, 5) is 22.2. The molecule has 1 saturated heterocycles. The standard InChI is InChI=1S/C25H28N4O2/c1-2-3-16-29-21-11-7-14-26-24(21)28-15-8-12-22(28)25(29)13-17-27(19-25)23(30)18-31-20-9-5-4-6-10-20/h4-12,14-15H,2-3,13,16-19H2,1H3/t25-/m1/s1. The number of anilines is 1. The fraction of sp³-hybridized carbons (Fsp3) is 0.360. The number of unbranched alkanes of at least 4 members (excludes halogenated alkanes) is 1. The number of benzene rings is 1. The van der Waals surface area contributed by atoms with E-state index in [0.29, 0.717) is 6.54 Å². The van der Waals surface area contributed by atoms with Gasteiger partial charge in [-0.05, 0) is 49.2 Å². The van der Waals surface area contributed by atoms with Gasteiger partial charge in [0.05, 0.1) is 11.4 Å². The number of rotatable bonds is 6. The van der Waals surface area contributed by atoms with E-state index in [4.69, 9.17) is 4.74 Å². The van der Waals surface area contributed by atoms with Gasteiger partial charge in [0, 0.05) is 32.0 Å². The van der Waals surface area contributed by atoms with Crippen molar-refractivity contribution in [2.75, 3.05) is 31.1 Å². The first-order valence-electron chi connectivity index (χ1n) is 11.1. The minimum Gasteiger partial charge on any atom is -0.484 e. The van der Waals surface area contributed by atoms with Crippen LogP contribution in [-0.4, -0.2) is 46.6 Å². The van der Waals surface area contributed by atoms with E-state index in [1.54, 1.807) is 0 Å². The number of para-hydroxylation sites is 1. The molecule has 0 bridgehead atoms. The number of ether oxygens (including phenoxy) is 1. The van der Waals surface area contributed by atoms with Crippen LogP contribution in [0.25, 0.3) is 5.82 Å². The summed E-state index contributed by atoms with van der Waals surface area (Å²) >= 11 is 0. The zero-order valence-electron chi connectivity index (χ0n) is 17.9. The van der Waals surface area contributed by atoms with Crippen LogP contribution in [0, 0.1) is 0 Å². The number of pyridine rings is 1. The summed E-state index contributed by atoms with van der Waals surface area (Å²) < 4.78 is 7.94. The molecule has 0 unspecified atom stereocenters. The van der Waals surface area contributed by atoms with E-state index in [0.717, 1.165) is 49.6 Å². The SMILES string of the molecule is CCCCN1c2cccnc2-n2cccc2[C@]12CCN(C(=O)COc1ccccc1)C2. The van der Waals surface area contributed by atoms with Crippen molar-refractivity contribution in [1.29, 1.82) is 0 Å². The van der Waals surface area contributed by atoms with Crippen molar-refractivity contribution >= 4 is 11.6 Å². The number of hydrogen-bond donors (Lipinski definition) is 0. The van der Waals surface area contributed by atoms with Crippen molar-refractivity contribution in [3.05, 3.63) is 72.7 Å². The lowest BCUT2D eigenvalue weighted by Gasteiger charge is -2.47. The van der Waals surface area contributed by atoms with E-state index >= 15 is 0 Å². The van der Waals surface area contributed by atoms with E-state index in [1.807, 2.05) is 47.5 Å². The van der Waals surface area contributed by atoms with Gasteiger partial charge in [-0.1, -0.05) is 31.5 Å². The van der Waals surface area contributed by atoms with Crippen LogP contribution in [0.4, 0.5) is 5.69 Å². The van der Waals surface area contributed by atoms with Crippen LogP contribution < -0.4 is 9.64 Å². The number of carbonyl (C=O) groups excluding carboxylic acids is 1. The molecule has 3 aromatic rings. The van der Waals surface area contributed by atoms with Gasteiger partial charge in [-0.25, -0.2) is 4.98 Å². The summed E-state index contributed by atoms with van der Waals surface area (Å²) in [5.74, 6) is 1.73. The van der Waals surface area contributed by atoms with Gasteiger partial charge in [0.15, 0.2) is 12.4 Å². The van der Waals surface area contributed by atoms with Crippen LogP contribution in [0.15, 0.2) is 67.0 Å². The fourth-order valence-corrected chi connectivity index (χ4v) is 4.94. The van der Waals surface area contributed by atoms with Crippen molar-refractivity contribution in [3.63, 3.8) is 0 Å². The third-order valence-electron chi connectivity index (χ3n) is 6.47. The highest BCUT2D eigenvalue weighted by Gasteiger charge is 2.50. The first-order chi connectivity index (χ1) is 15.2. The Bertz CT molecular complexity index is 1060. The number of hydrogen-bond acceptors (Lipinski definition) is 4. The molecule has 4 heterocycles. The van der Waals surface area contributed by atoms with Gasteiger partial charge in [-0.2, -0.15) is 0 Å². The molecule has 2 aromatic heterocycles. The molecule has 6 nitrogen and oxygen atoms in total. The Kier molecular flexibility index (Phi) is 5.14. The molecule has 0 saturated carbocycles. The predicted molar refractivity (Wildman–Crippen MR) is 121 cm³/mol. The molecule has 0 radical (unpaired) electrons. The second-order valence-electron chi connectivity index (χ2n) is 8.31. The van der Waals surface area contributed by atoms with Crippen molar-refractivity contribution in [2.45, 2.75) is 31.7 Å².